The summed E-state index contributed by atoms with van der Waals surface area (Å²) in [6.07, 6.45) is 1.51. The van der Waals surface area contributed by atoms with Crippen molar-refractivity contribution in [2.24, 2.45) is 0 Å². The largest absolute Gasteiger partial charge is 0.308 e. The molecule has 0 aliphatic heterocycles. The van der Waals surface area contributed by atoms with Crippen LogP contribution in [0.4, 0.5) is 0 Å². The molecule has 0 saturated carbocycles. The Morgan fingerprint density at radius 1 is 1.56 bits per heavy atom. The van der Waals surface area contributed by atoms with E-state index < -0.39 is 5.54 Å². The van der Waals surface area contributed by atoms with Crippen molar-refractivity contribution < 1.29 is 4.79 Å². The van der Waals surface area contributed by atoms with Crippen molar-refractivity contribution in [3.8, 4) is 0 Å². The number of likely N-dealkylation sites (N-methyl/N-ethyl adjacent to an activating group) is 1. The van der Waals surface area contributed by atoms with E-state index in [1.165, 1.54) is 6.20 Å². The molecule has 16 heavy (non-hydrogen) atoms. The van der Waals surface area contributed by atoms with Gasteiger partial charge in [-0.15, -0.1) is 0 Å². The summed E-state index contributed by atoms with van der Waals surface area (Å²) in [5.41, 5.74) is -0.174. The van der Waals surface area contributed by atoms with Gasteiger partial charge < -0.3 is 5.32 Å². The van der Waals surface area contributed by atoms with Crippen molar-refractivity contribution in [2.75, 3.05) is 7.05 Å². The van der Waals surface area contributed by atoms with E-state index in [1.807, 2.05) is 27.7 Å². The third-order valence-electron chi connectivity index (χ3n) is 2.65. The van der Waals surface area contributed by atoms with Crippen LogP contribution in [0, 0.1) is 0 Å². The van der Waals surface area contributed by atoms with Crippen molar-refractivity contribution in [3.05, 3.63) is 16.9 Å². The molecule has 1 N–H and O–H groups in total. The maximum Gasteiger partial charge on any atom is 0.201 e. The average molecular weight is 244 g/mol. The van der Waals surface area contributed by atoms with Gasteiger partial charge in [-0.3, -0.25) is 9.48 Å². The molecule has 5 heteroatoms. The highest BCUT2D eigenvalue weighted by Crippen LogP contribution is 2.23. The second-order valence-corrected chi connectivity index (χ2v) is 4.99. The van der Waals surface area contributed by atoms with E-state index in [4.69, 9.17) is 11.6 Å². The Kier molecular flexibility index (Phi) is 3.76. The molecule has 0 atom stereocenters. The normalized spacial score (nSPS) is 12.2. The lowest BCUT2D eigenvalue weighted by atomic mass is 9.97. The SMILES string of the molecule is CNC(C)(C)C(=O)c1c(Cl)cnn1C(C)C. The van der Waals surface area contributed by atoms with Gasteiger partial charge in [-0.25, -0.2) is 0 Å². The molecular formula is C11H18ClN3O. The minimum atomic E-state index is -0.643. The zero-order valence-electron chi connectivity index (χ0n) is 10.3. The van der Waals surface area contributed by atoms with Gasteiger partial charge in [0.2, 0.25) is 5.78 Å². The van der Waals surface area contributed by atoms with Crippen LogP contribution in [0.15, 0.2) is 6.20 Å². The zero-order valence-corrected chi connectivity index (χ0v) is 11.1. The molecule has 0 aliphatic carbocycles. The van der Waals surface area contributed by atoms with Crippen molar-refractivity contribution in [2.45, 2.75) is 39.3 Å². The highest BCUT2D eigenvalue weighted by atomic mass is 35.5. The fraction of sp³-hybridized carbons (Fsp3) is 0.636. The number of hydrogen-bond acceptors (Lipinski definition) is 3. The van der Waals surface area contributed by atoms with E-state index in [2.05, 4.69) is 10.4 Å². The molecule has 0 unspecified atom stereocenters. The Labute approximate surface area is 101 Å². The molecule has 1 aromatic rings. The molecule has 0 spiro atoms. The van der Waals surface area contributed by atoms with Gasteiger partial charge in [0, 0.05) is 6.04 Å². The van der Waals surface area contributed by atoms with E-state index in [9.17, 15) is 4.79 Å². The van der Waals surface area contributed by atoms with Gasteiger partial charge in [-0.05, 0) is 34.7 Å². The molecule has 0 aliphatic rings. The Morgan fingerprint density at radius 2 is 2.12 bits per heavy atom. The summed E-state index contributed by atoms with van der Waals surface area (Å²) in [6.45, 7) is 7.58. The summed E-state index contributed by atoms with van der Waals surface area (Å²) in [7, 11) is 1.75. The first-order valence-corrected chi connectivity index (χ1v) is 5.65. The molecule has 1 heterocycles. The zero-order chi connectivity index (χ0) is 12.5. The molecular weight excluding hydrogens is 226 g/mol. The number of Topliss-reactive ketones (excluding diaryl/α,β-unsaturated/α-hetero) is 1. The fourth-order valence-corrected chi connectivity index (χ4v) is 1.57. The molecule has 1 rings (SSSR count). The lowest BCUT2D eigenvalue weighted by Crippen LogP contribution is -2.45. The third-order valence-corrected chi connectivity index (χ3v) is 2.92. The van der Waals surface area contributed by atoms with E-state index in [0.717, 1.165) is 0 Å². The predicted octanol–water partition coefficient (Wildman–Crippen LogP) is 2.30. The van der Waals surface area contributed by atoms with Crippen LogP contribution in [0.5, 0.6) is 0 Å². The minimum absolute atomic E-state index is 0.0498. The van der Waals surface area contributed by atoms with Crippen molar-refractivity contribution in [1.29, 1.82) is 0 Å². The maximum absolute atomic E-state index is 12.3. The molecule has 90 valence electrons. The molecule has 0 radical (unpaired) electrons. The van der Waals surface area contributed by atoms with Crippen molar-refractivity contribution in [1.82, 2.24) is 15.1 Å². The number of carbonyl (C=O) groups is 1. The Balaban J connectivity index is 3.22. The van der Waals surface area contributed by atoms with E-state index in [1.54, 1.807) is 11.7 Å². The molecule has 0 bridgehead atoms. The van der Waals surface area contributed by atoms with Crippen LogP contribution < -0.4 is 5.32 Å². The number of nitrogens with one attached hydrogen (secondary N) is 1. The topological polar surface area (TPSA) is 46.9 Å². The van der Waals surface area contributed by atoms with Gasteiger partial charge in [-0.1, -0.05) is 11.6 Å². The van der Waals surface area contributed by atoms with Gasteiger partial charge in [0.15, 0.2) is 0 Å². The summed E-state index contributed by atoms with van der Waals surface area (Å²) >= 11 is 6.01. The Bertz CT molecular complexity index is 396. The van der Waals surface area contributed by atoms with Crippen LogP contribution in [0.25, 0.3) is 0 Å². The van der Waals surface area contributed by atoms with Crippen LogP contribution in [-0.4, -0.2) is 28.2 Å². The highest BCUT2D eigenvalue weighted by Gasteiger charge is 2.31. The van der Waals surface area contributed by atoms with E-state index in [0.29, 0.717) is 10.7 Å². The van der Waals surface area contributed by atoms with Crippen LogP contribution in [-0.2, 0) is 0 Å². The first kappa shape index (κ1) is 13.2. The van der Waals surface area contributed by atoms with Crippen LogP contribution >= 0.6 is 11.6 Å². The van der Waals surface area contributed by atoms with Crippen LogP contribution in [0.1, 0.15) is 44.2 Å². The number of hydrogen-bond donors (Lipinski definition) is 1. The van der Waals surface area contributed by atoms with Crippen LogP contribution in [0.2, 0.25) is 5.02 Å². The molecule has 4 nitrogen and oxygen atoms in total. The van der Waals surface area contributed by atoms with E-state index >= 15 is 0 Å². The molecule has 0 amide bonds. The Morgan fingerprint density at radius 3 is 2.56 bits per heavy atom. The number of halogens is 1. The summed E-state index contributed by atoms with van der Waals surface area (Å²) in [4.78, 5) is 12.3. The van der Waals surface area contributed by atoms with Gasteiger partial charge >= 0.3 is 0 Å². The predicted molar refractivity (Wildman–Crippen MR) is 65.1 cm³/mol. The lowest BCUT2D eigenvalue weighted by molar-refractivity contribution is 0.0876. The van der Waals surface area contributed by atoms with Gasteiger partial charge in [0.25, 0.3) is 0 Å². The average Bonchev–Trinajstić information content (AvgIpc) is 2.59. The summed E-state index contributed by atoms with van der Waals surface area (Å²) in [5, 5.41) is 7.50. The number of ketones is 1. The number of aromatic nitrogens is 2. The molecule has 0 saturated heterocycles. The summed E-state index contributed by atoms with van der Waals surface area (Å²) in [6, 6.07) is 0.110. The number of nitrogens with zero attached hydrogens (tertiary/aromatic N) is 2. The first-order valence-electron chi connectivity index (χ1n) is 5.28. The standard InChI is InChI=1S/C11H18ClN3O/c1-7(2)15-9(8(12)6-14-15)10(16)11(3,4)13-5/h6-7,13H,1-5H3. The monoisotopic (exact) mass is 243 g/mol. The second-order valence-electron chi connectivity index (χ2n) is 4.58. The molecule has 0 aromatic carbocycles. The summed E-state index contributed by atoms with van der Waals surface area (Å²) < 4.78 is 1.66. The summed E-state index contributed by atoms with van der Waals surface area (Å²) in [5.74, 6) is -0.0498. The second kappa shape index (κ2) is 4.55. The van der Waals surface area contributed by atoms with E-state index in [-0.39, 0.29) is 11.8 Å². The smallest absolute Gasteiger partial charge is 0.201 e. The number of carbonyl (C=O) groups excluding carboxylic acids is 1. The lowest BCUT2D eigenvalue weighted by Gasteiger charge is -2.23. The van der Waals surface area contributed by atoms with Crippen molar-refractivity contribution in [3.63, 3.8) is 0 Å². The molecule has 1 aromatic heterocycles. The minimum Gasteiger partial charge on any atom is -0.308 e. The van der Waals surface area contributed by atoms with Crippen LogP contribution in [0.3, 0.4) is 0 Å². The third kappa shape index (κ3) is 2.28. The molecule has 0 fully saturated rings. The van der Waals surface area contributed by atoms with Gasteiger partial charge in [0.1, 0.15) is 5.69 Å². The fourth-order valence-electron chi connectivity index (χ4n) is 1.35. The quantitative estimate of drug-likeness (QED) is 0.826. The Hall–Kier alpha value is -0.870. The van der Waals surface area contributed by atoms with Crippen molar-refractivity contribution >= 4 is 17.4 Å². The number of rotatable bonds is 4. The first-order chi connectivity index (χ1) is 7.31. The maximum atomic E-state index is 12.3. The highest BCUT2D eigenvalue weighted by molar-refractivity contribution is 6.34. The van der Waals surface area contributed by atoms with Gasteiger partial charge in [-0.2, -0.15) is 5.10 Å². The van der Waals surface area contributed by atoms with Gasteiger partial charge in [0.05, 0.1) is 16.8 Å².